The summed E-state index contributed by atoms with van der Waals surface area (Å²) >= 11 is 1.20. The maximum atomic E-state index is 12.7. The van der Waals surface area contributed by atoms with E-state index in [9.17, 15) is 9.59 Å². The molecule has 0 bridgehead atoms. The SMILES string of the molecule is CCOc1cc(C=C2C(=N)N3N=C(c4cccnc4)SC3=NC2=O)ccc1OC(=O)c1ccco1. The second-order valence-corrected chi connectivity index (χ2v) is 8.13. The number of aliphatic imine (C=N–C) groups is 1. The largest absolute Gasteiger partial charge is 0.490 e. The van der Waals surface area contributed by atoms with Gasteiger partial charge in [0.1, 0.15) is 5.04 Å². The number of esters is 1. The van der Waals surface area contributed by atoms with Crippen LogP contribution in [-0.4, -0.2) is 44.5 Å². The monoisotopic (exact) mass is 487 g/mol. The van der Waals surface area contributed by atoms with Crippen LogP contribution in [0.25, 0.3) is 6.08 Å². The number of furan rings is 1. The molecule has 3 aromatic rings. The molecule has 2 aromatic heterocycles. The molecule has 0 saturated heterocycles. The Kier molecular flexibility index (Phi) is 5.98. The minimum atomic E-state index is -0.665. The van der Waals surface area contributed by atoms with Crippen LogP contribution in [0.4, 0.5) is 0 Å². The molecule has 1 aromatic carbocycles. The molecule has 35 heavy (non-hydrogen) atoms. The molecule has 2 aliphatic rings. The Balaban J connectivity index is 1.42. The summed E-state index contributed by atoms with van der Waals surface area (Å²) in [5.74, 6) is -0.762. The van der Waals surface area contributed by atoms with E-state index in [0.717, 1.165) is 5.56 Å². The number of aromatic nitrogens is 1. The molecule has 4 heterocycles. The molecule has 0 saturated carbocycles. The van der Waals surface area contributed by atoms with Crippen LogP contribution >= 0.6 is 11.8 Å². The molecule has 0 radical (unpaired) electrons. The zero-order valence-electron chi connectivity index (χ0n) is 18.3. The van der Waals surface area contributed by atoms with E-state index in [2.05, 4.69) is 15.1 Å². The summed E-state index contributed by atoms with van der Waals surface area (Å²) in [7, 11) is 0. The van der Waals surface area contributed by atoms with Gasteiger partial charge in [0.05, 0.1) is 18.4 Å². The van der Waals surface area contributed by atoms with Gasteiger partial charge in [0, 0.05) is 18.0 Å². The smallest absolute Gasteiger partial charge is 0.379 e. The molecular formula is C24H17N5O5S. The van der Waals surface area contributed by atoms with Gasteiger partial charge in [0.25, 0.3) is 5.91 Å². The Morgan fingerprint density at radius 2 is 2.11 bits per heavy atom. The maximum Gasteiger partial charge on any atom is 0.379 e. The molecule has 0 spiro atoms. The number of hydrogen-bond acceptors (Lipinski definition) is 9. The van der Waals surface area contributed by atoms with Gasteiger partial charge in [0.15, 0.2) is 17.3 Å². The van der Waals surface area contributed by atoms with Crippen molar-refractivity contribution in [3.05, 3.63) is 83.6 Å². The highest BCUT2D eigenvalue weighted by Gasteiger charge is 2.36. The summed E-state index contributed by atoms with van der Waals surface area (Å²) in [5, 5.41) is 15.2. The van der Waals surface area contributed by atoms with Crippen LogP contribution in [0.1, 0.15) is 28.6 Å². The summed E-state index contributed by atoms with van der Waals surface area (Å²) < 4.78 is 16.1. The number of hydrazone groups is 1. The Bertz CT molecular complexity index is 1410. The molecule has 174 valence electrons. The van der Waals surface area contributed by atoms with Gasteiger partial charge in [-0.25, -0.2) is 4.79 Å². The van der Waals surface area contributed by atoms with Crippen molar-refractivity contribution in [3.63, 3.8) is 0 Å². The summed E-state index contributed by atoms with van der Waals surface area (Å²) in [5.41, 5.74) is 1.39. The Morgan fingerprint density at radius 1 is 1.23 bits per heavy atom. The van der Waals surface area contributed by atoms with Gasteiger partial charge in [-0.3, -0.25) is 15.2 Å². The van der Waals surface area contributed by atoms with E-state index in [1.54, 1.807) is 49.6 Å². The highest BCUT2D eigenvalue weighted by molar-refractivity contribution is 8.27. The van der Waals surface area contributed by atoms with Crippen molar-refractivity contribution in [1.29, 1.82) is 5.41 Å². The second kappa shape index (κ2) is 9.39. The molecule has 1 N–H and O–H groups in total. The molecule has 0 unspecified atom stereocenters. The first-order valence-electron chi connectivity index (χ1n) is 10.5. The highest BCUT2D eigenvalue weighted by atomic mass is 32.2. The number of benzene rings is 1. The van der Waals surface area contributed by atoms with Crippen molar-refractivity contribution in [2.75, 3.05) is 6.61 Å². The summed E-state index contributed by atoms with van der Waals surface area (Å²) in [6.07, 6.45) is 6.21. The van der Waals surface area contributed by atoms with Gasteiger partial charge >= 0.3 is 5.97 Å². The Hall–Kier alpha value is -4.51. The fraction of sp³-hybridized carbons (Fsp3) is 0.0833. The standard InChI is InChI=1S/C24H17N5O5S/c1-2-32-19-12-14(7-8-17(19)34-23(31)18-6-4-10-33-18)11-16-20(25)29-24(27-21(16)30)35-22(28-29)15-5-3-9-26-13-15/h3-13,25H,2H2,1H3. The quantitative estimate of drug-likeness (QED) is 0.314. The predicted molar refractivity (Wildman–Crippen MR) is 130 cm³/mol. The molecule has 0 aliphatic carbocycles. The lowest BCUT2D eigenvalue weighted by atomic mass is 10.1. The summed E-state index contributed by atoms with van der Waals surface area (Å²) in [4.78, 5) is 33.2. The van der Waals surface area contributed by atoms with Crippen molar-refractivity contribution in [2.45, 2.75) is 6.92 Å². The van der Waals surface area contributed by atoms with Crippen molar-refractivity contribution >= 4 is 45.8 Å². The minimum absolute atomic E-state index is 0.0586. The first kappa shape index (κ1) is 22.3. The van der Waals surface area contributed by atoms with E-state index in [-0.39, 0.29) is 22.9 Å². The second-order valence-electron chi connectivity index (χ2n) is 7.17. The van der Waals surface area contributed by atoms with Crippen LogP contribution < -0.4 is 9.47 Å². The maximum absolute atomic E-state index is 12.7. The fourth-order valence-corrected chi connectivity index (χ4v) is 4.16. The molecule has 5 rings (SSSR count). The van der Waals surface area contributed by atoms with Crippen LogP contribution in [0, 0.1) is 5.41 Å². The van der Waals surface area contributed by atoms with Gasteiger partial charge in [0.2, 0.25) is 10.9 Å². The number of rotatable bonds is 6. The van der Waals surface area contributed by atoms with Gasteiger partial charge in [-0.2, -0.15) is 15.1 Å². The number of nitrogens with one attached hydrogen (secondary N) is 1. The zero-order valence-corrected chi connectivity index (χ0v) is 19.1. The number of amides is 1. The predicted octanol–water partition coefficient (Wildman–Crippen LogP) is 3.96. The molecular weight excluding hydrogens is 470 g/mol. The van der Waals surface area contributed by atoms with E-state index in [4.69, 9.17) is 19.3 Å². The van der Waals surface area contributed by atoms with Crippen molar-refractivity contribution in [1.82, 2.24) is 9.99 Å². The summed E-state index contributed by atoms with van der Waals surface area (Å²) in [6, 6.07) is 11.5. The van der Waals surface area contributed by atoms with Gasteiger partial charge in [-0.05, 0) is 66.7 Å². The minimum Gasteiger partial charge on any atom is -0.490 e. The molecule has 10 nitrogen and oxygen atoms in total. The van der Waals surface area contributed by atoms with E-state index in [0.29, 0.717) is 28.1 Å². The topological polar surface area (TPSA) is 130 Å². The van der Waals surface area contributed by atoms with E-state index < -0.39 is 11.9 Å². The summed E-state index contributed by atoms with van der Waals surface area (Å²) in [6.45, 7) is 2.12. The normalized spacial score (nSPS) is 16.1. The number of fused-ring (bicyclic) bond motifs is 1. The lowest BCUT2D eigenvalue weighted by Gasteiger charge is -2.20. The first-order valence-corrected chi connectivity index (χ1v) is 11.3. The Labute approximate surface area is 203 Å². The number of ether oxygens (including phenoxy) is 2. The van der Waals surface area contributed by atoms with E-state index >= 15 is 0 Å². The first-order chi connectivity index (χ1) is 17.0. The number of hydrogen-bond donors (Lipinski definition) is 1. The van der Waals surface area contributed by atoms with E-state index in [1.165, 1.54) is 35.2 Å². The third-order valence-electron chi connectivity index (χ3n) is 4.87. The number of carbonyl (C=O) groups excluding carboxylic acids is 2. The average molecular weight is 487 g/mol. The van der Waals surface area contributed by atoms with Crippen molar-refractivity contribution in [3.8, 4) is 11.5 Å². The number of thioether (sulfide) groups is 1. The van der Waals surface area contributed by atoms with Crippen molar-refractivity contribution < 1.29 is 23.5 Å². The number of carbonyl (C=O) groups is 2. The lowest BCUT2D eigenvalue weighted by Crippen LogP contribution is -2.35. The zero-order chi connectivity index (χ0) is 24.4. The molecule has 0 fully saturated rings. The number of pyridine rings is 1. The Morgan fingerprint density at radius 3 is 2.86 bits per heavy atom. The van der Waals surface area contributed by atoms with Gasteiger partial charge in [-0.15, -0.1) is 0 Å². The third kappa shape index (κ3) is 4.49. The molecule has 0 atom stereocenters. The van der Waals surface area contributed by atoms with Gasteiger partial charge in [-0.1, -0.05) is 6.07 Å². The molecule has 1 amide bonds. The molecule has 11 heteroatoms. The van der Waals surface area contributed by atoms with Crippen LogP contribution in [-0.2, 0) is 4.79 Å². The van der Waals surface area contributed by atoms with E-state index in [1.807, 2.05) is 6.07 Å². The van der Waals surface area contributed by atoms with Crippen LogP contribution in [0.3, 0.4) is 0 Å². The lowest BCUT2D eigenvalue weighted by molar-refractivity contribution is -0.114. The van der Waals surface area contributed by atoms with Gasteiger partial charge < -0.3 is 13.9 Å². The average Bonchev–Trinajstić information content (AvgIpc) is 3.55. The third-order valence-corrected chi connectivity index (χ3v) is 5.82. The number of nitrogens with zero attached hydrogens (tertiary/aromatic N) is 4. The van der Waals surface area contributed by atoms with Crippen LogP contribution in [0.15, 0.2) is 81.2 Å². The van der Waals surface area contributed by atoms with Crippen molar-refractivity contribution in [2.24, 2.45) is 10.1 Å². The highest BCUT2D eigenvalue weighted by Crippen LogP contribution is 2.33. The molecule has 2 aliphatic heterocycles. The van der Waals surface area contributed by atoms with Crippen LogP contribution in [0.2, 0.25) is 0 Å². The van der Waals surface area contributed by atoms with Crippen LogP contribution in [0.5, 0.6) is 11.5 Å². The fourth-order valence-electron chi connectivity index (χ4n) is 3.28. The number of amidine groups is 2.